The number of nitrogens with one attached hydrogen (secondary N) is 2. The molecule has 1 unspecified atom stereocenters. The van der Waals surface area contributed by atoms with Crippen LogP contribution in [0.4, 0.5) is 0 Å². The zero-order valence-electron chi connectivity index (χ0n) is 16.8. The molecule has 0 aliphatic heterocycles. The van der Waals surface area contributed by atoms with E-state index in [1.807, 2.05) is 24.3 Å². The normalized spacial score (nSPS) is 18.8. The van der Waals surface area contributed by atoms with Gasteiger partial charge in [0.05, 0.1) is 15.2 Å². The number of hydrogen-bond acceptors (Lipinski definition) is 4. The second kappa shape index (κ2) is 9.20. The predicted molar refractivity (Wildman–Crippen MR) is 123 cm³/mol. The Morgan fingerprint density at radius 2 is 2.13 bits per heavy atom. The first-order valence-corrected chi connectivity index (χ1v) is 11.5. The van der Waals surface area contributed by atoms with E-state index in [4.69, 9.17) is 27.9 Å². The van der Waals surface area contributed by atoms with Gasteiger partial charge in [-0.1, -0.05) is 47.5 Å². The molecule has 0 bridgehead atoms. The lowest BCUT2D eigenvalue weighted by molar-refractivity contribution is -0.138. The molecule has 1 aliphatic carbocycles. The van der Waals surface area contributed by atoms with Crippen LogP contribution >= 0.6 is 34.5 Å². The van der Waals surface area contributed by atoms with Crippen LogP contribution in [0.2, 0.25) is 9.36 Å². The van der Waals surface area contributed by atoms with Gasteiger partial charge in [0.1, 0.15) is 10.0 Å². The summed E-state index contributed by atoms with van der Waals surface area (Å²) in [6, 6.07) is 9.51. The van der Waals surface area contributed by atoms with Crippen molar-refractivity contribution in [3.63, 3.8) is 0 Å². The van der Waals surface area contributed by atoms with Crippen molar-refractivity contribution in [1.82, 2.24) is 10.3 Å². The maximum atomic E-state index is 13.1. The average Bonchev–Trinajstić information content (AvgIpc) is 3.38. The number of aromatic nitrogens is 1. The minimum atomic E-state index is -0.855. The summed E-state index contributed by atoms with van der Waals surface area (Å²) >= 11 is 13.6. The summed E-state index contributed by atoms with van der Waals surface area (Å²) in [5, 5.41) is 13.0. The molecule has 3 aromatic rings. The van der Waals surface area contributed by atoms with Crippen LogP contribution in [0.25, 0.3) is 10.2 Å². The molecule has 0 radical (unpaired) electrons. The molecule has 31 heavy (non-hydrogen) atoms. The smallest absolute Gasteiger partial charge is 0.303 e. The van der Waals surface area contributed by atoms with E-state index in [1.165, 1.54) is 11.3 Å². The fourth-order valence-corrected chi connectivity index (χ4v) is 6.02. The van der Waals surface area contributed by atoms with Gasteiger partial charge in [0.25, 0.3) is 5.91 Å². The summed E-state index contributed by atoms with van der Waals surface area (Å²) in [6.07, 6.45) is 1.26. The molecule has 3 atom stereocenters. The first kappa shape index (κ1) is 22.1. The summed E-state index contributed by atoms with van der Waals surface area (Å²) in [5.41, 5.74) is 3.28. The second-order valence-electron chi connectivity index (χ2n) is 7.76. The minimum Gasteiger partial charge on any atom is -0.481 e. The molecule has 2 aromatic heterocycles. The van der Waals surface area contributed by atoms with E-state index in [2.05, 4.69) is 10.3 Å². The molecule has 0 saturated heterocycles. The van der Waals surface area contributed by atoms with E-state index in [1.54, 1.807) is 13.2 Å². The zero-order chi connectivity index (χ0) is 22.1. The Balaban J connectivity index is 1.61. The maximum absolute atomic E-state index is 13.1. The number of ether oxygens (including phenoxy) is 1. The molecule has 9 heteroatoms. The van der Waals surface area contributed by atoms with Crippen molar-refractivity contribution in [2.45, 2.75) is 31.2 Å². The van der Waals surface area contributed by atoms with Crippen LogP contribution in [-0.2, 0) is 16.0 Å². The largest absolute Gasteiger partial charge is 0.481 e. The van der Waals surface area contributed by atoms with E-state index in [9.17, 15) is 14.7 Å². The van der Waals surface area contributed by atoms with Gasteiger partial charge in [-0.05, 0) is 36.0 Å². The van der Waals surface area contributed by atoms with Gasteiger partial charge in [-0.3, -0.25) is 9.59 Å². The third kappa shape index (κ3) is 4.46. The molecule has 0 fully saturated rings. The number of methoxy groups -OCH3 is 1. The predicted octanol–water partition coefficient (Wildman–Crippen LogP) is 5.10. The number of thiophene rings is 1. The maximum Gasteiger partial charge on any atom is 0.303 e. The fraction of sp³-hybridized carbons (Fsp3) is 0.364. The van der Waals surface area contributed by atoms with Crippen molar-refractivity contribution < 1.29 is 19.4 Å². The molecule has 0 spiro atoms. The Labute approximate surface area is 193 Å². The Morgan fingerprint density at radius 3 is 2.84 bits per heavy atom. The second-order valence-corrected chi connectivity index (χ2v) is 9.79. The van der Waals surface area contributed by atoms with Gasteiger partial charge in [0.15, 0.2) is 0 Å². The highest BCUT2D eigenvalue weighted by atomic mass is 35.5. The fourth-order valence-electron chi connectivity index (χ4n) is 4.54. The lowest BCUT2D eigenvalue weighted by Gasteiger charge is -2.29. The van der Waals surface area contributed by atoms with Gasteiger partial charge < -0.3 is 20.1 Å². The number of amides is 1. The third-order valence-electron chi connectivity index (χ3n) is 5.86. The molecule has 0 saturated carbocycles. The lowest BCUT2D eigenvalue weighted by atomic mass is 9.80. The van der Waals surface area contributed by atoms with Gasteiger partial charge >= 0.3 is 5.97 Å². The number of carboxylic acids is 1. The van der Waals surface area contributed by atoms with Crippen LogP contribution < -0.4 is 5.32 Å². The van der Waals surface area contributed by atoms with Crippen molar-refractivity contribution in [2.75, 3.05) is 13.7 Å². The number of fused-ring (bicyclic) bond motifs is 2. The Kier molecular flexibility index (Phi) is 6.57. The monoisotopic (exact) mass is 480 g/mol. The number of carbonyl (C=O) groups excluding carboxylic acids is 1. The van der Waals surface area contributed by atoms with Crippen molar-refractivity contribution in [1.29, 1.82) is 0 Å². The van der Waals surface area contributed by atoms with Crippen LogP contribution in [0.1, 0.15) is 40.4 Å². The number of carbonyl (C=O) groups is 2. The van der Waals surface area contributed by atoms with Gasteiger partial charge in [0, 0.05) is 32.1 Å². The number of benzene rings is 1. The van der Waals surface area contributed by atoms with Crippen molar-refractivity contribution in [3.05, 3.63) is 56.5 Å². The molecule has 164 valence electrons. The summed E-state index contributed by atoms with van der Waals surface area (Å²) in [4.78, 5) is 27.7. The lowest BCUT2D eigenvalue weighted by Crippen LogP contribution is -2.41. The zero-order valence-corrected chi connectivity index (χ0v) is 19.1. The van der Waals surface area contributed by atoms with Gasteiger partial charge in [-0.25, -0.2) is 0 Å². The molecule has 1 amide bonds. The van der Waals surface area contributed by atoms with Gasteiger partial charge in [-0.2, -0.15) is 0 Å². The quantitative estimate of drug-likeness (QED) is 0.418. The summed E-state index contributed by atoms with van der Waals surface area (Å²) < 4.78 is 6.52. The number of H-pyrrole nitrogens is 1. The Bertz CT molecular complexity index is 1130. The number of rotatable bonds is 8. The SMILES string of the molecule is COCCC(CC(=O)O)[C@@H]1c2ccccc2C[C@H]1NC(=O)c1cc2sc(Cl)c(Cl)c2[nH]1. The molecule has 2 heterocycles. The van der Waals surface area contributed by atoms with E-state index in [0.717, 1.165) is 15.8 Å². The number of hydrogen-bond donors (Lipinski definition) is 3. The van der Waals surface area contributed by atoms with Crippen LogP contribution in [0.3, 0.4) is 0 Å². The highest BCUT2D eigenvalue weighted by Crippen LogP contribution is 2.42. The molecule has 1 aromatic carbocycles. The van der Waals surface area contributed by atoms with Gasteiger partial charge in [0.2, 0.25) is 0 Å². The van der Waals surface area contributed by atoms with Crippen molar-refractivity contribution in [3.8, 4) is 0 Å². The Hall–Kier alpha value is -2.06. The number of aromatic amines is 1. The van der Waals surface area contributed by atoms with Gasteiger partial charge in [-0.15, -0.1) is 11.3 Å². The third-order valence-corrected chi connectivity index (χ3v) is 7.79. The molecule has 4 rings (SSSR count). The molecular weight excluding hydrogens is 459 g/mol. The summed E-state index contributed by atoms with van der Waals surface area (Å²) in [6.45, 7) is 0.462. The summed E-state index contributed by atoms with van der Waals surface area (Å²) in [7, 11) is 1.61. The first-order chi connectivity index (χ1) is 14.9. The van der Waals surface area contributed by atoms with E-state index in [0.29, 0.717) is 40.0 Å². The highest BCUT2D eigenvalue weighted by molar-refractivity contribution is 7.23. The Morgan fingerprint density at radius 1 is 1.35 bits per heavy atom. The molecule has 3 N–H and O–H groups in total. The van der Waals surface area contributed by atoms with Crippen LogP contribution in [0, 0.1) is 5.92 Å². The summed E-state index contributed by atoms with van der Waals surface area (Å²) in [5.74, 6) is -1.38. The van der Waals surface area contributed by atoms with Crippen LogP contribution in [-0.4, -0.2) is 41.7 Å². The molecule has 6 nitrogen and oxygen atoms in total. The number of aliphatic carboxylic acids is 1. The van der Waals surface area contributed by atoms with E-state index >= 15 is 0 Å². The van der Waals surface area contributed by atoms with E-state index in [-0.39, 0.29) is 30.2 Å². The number of halogens is 2. The van der Waals surface area contributed by atoms with Crippen LogP contribution in [0.15, 0.2) is 30.3 Å². The number of carboxylic acid groups (broad SMARTS) is 1. The highest BCUT2D eigenvalue weighted by Gasteiger charge is 2.39. The minimum absolute atomic E-state index is 0.0150. The average molecular weight is 481 g/mol. The van der Waals surface area contributed by atoms with E-state index < -0.39 is 5.97 Å². The molecular formula is C22H22Cl2N2O4S. The molecule has 1 aliphatic rings. The standard InChI is InChI=1S/C22H22Cl2N2O4S/c1-30-7-6-12(9-17(27)28)18-13-5-3-2-4-11(13)8-14(18)26-22(29)15-10-16-20(25-15)19(23)21(24)31-16/h2-5,10,12,14,18,25H,6-9H2,1H3,(H,26,29)(H,27,28)/t12?,14-,18-/m1/s1. The topological polar surface area (TPSA) is 91.4 Å². The van der Waals surface area contributed by atoms with Crippen molar-refractivity contribution >= 4 is 56.6 Å². The van der Waals surface area contributed by atoms with Crippen LogP contribution in [0.5, 0.6) is 0 Å². The first-order valence-electron chi connectivity index (χ1n) is 9.95. The van der Waals surface area contributed by atoms with Crippen molar-refractivity contribution in [2.24, 2.45) is 5.92 Å².